The fourth-order valence-corrected chi connectivity index (χ4v) is 5.90. The number of allylic oxidation sites excluding steroid dienone is 1. The van der Waals surface area contributed by atoms with Gasteiger partial charge < -0.3 is 18.9 Å². The predicted molar refractivity (Wildman–Crippen MR) is 162 cm³/mol. The number of methoxy groups -OCH3 is 1. The van der Waals surface area contributed by atoms with Gasteiger partial charge in [0.1, 0.15) is 24.2 Å². The van der Waals surface area contributed by atoms with Gasteiger partial charge in [-0.25, -0.2) is 14.2 Å². The number of fused-ring (bicyclic) bond motifs is 1. The lowest BCUT2D eigenvalue weighted by molar-refractivity contribution is -0.139. The van der Waals surface area contributed by atoms with Crippen LogP contribution >= 0.6 is 11.3 Å². The zero-order chi connectivity index (χ0) is 30.5. The smallest absolute Gasteiger partial charge is 0.338 e. The predicted octanol–water partition coefficient (Wildman–Crippen LogP) is 4.92. The highest BCUT2D eigenvalue weighted by molar-refractivity contribution is 7.07. The number of esters is 1. The molecule has 1 aliphatic rings. The third kappa shape index (κ3) is 6.24. The summed E-state index contributed by atoms with van der Waals surface area (Å²) in [6.07, 6.45) is 1.78. The zero-order valence-electron chi connectivity index (χ0n) is 24.3. The number of halogens is 1. The van der Waals surface area contributed by atoms with Crippen LogP contribution in [-0.2, 0) is 16.1 Å². The first-order valence-corrected chi connectivity index (χ1v) is 14.6. The van der Waals surface area contributed by atoms with E-state index in [4.69, 9.17) is 18.9 Å². The van der Waals surface area contributed by atoms with E-state index in [1.54, 1.807) is 51.3 Å². The molecule has 4 aromatic rings. The lowest BCUT2D eigenvalue weighted by atomic mass is 9.94. The molecule has 0 bridgehead atoms. The Hall–Kier alpha value is -4.70. The topological polar surface area (TPSA) is 88.4 Å². The van der Waals surface area contributed by atoms with E-state index in [9.17, 15) is 14.0 Å². The highest BCUT2D eigenvalue weighted by Gasteiger charge is 2.36. The molecule has 5 rings (SSSR count). The summed E-state index contributed by atoms with van der Waals surface area (Å²) < 4.78 is 37.9. The maximum Gasteiger partial charge on any atom is 0.338 e. The van der Waals surface area contributed by atoms with Gasteiger partial charge in [0.2, 0.25) is 0 Å². The van der Waals surface area contributed by atoms with Crippen molar-refractivity contribution in [3.63, 3.8) is 0 Å². The molecule has 10 heteroatoms. The van der Waals surface area contributed by atoms with Crippen LogP contribution in [0.3, 0.4) is 0 Å². The zero-order valence-corrected chi connectivity index (χ0v) is 25.1. The largest absolute Gasteiger partial charge is 0.493 e. The summed E-state index contributed by atoms with van der Waals surface area (Å²) in [5.74, 6) is 0.722. The average molecular weight is 603 g/mol. The summed E-state index contributed by atoms with van der Waals surface area (Å²) in [5.41, 5.74) is 2.65. The summed E-state index contributed by atoms with van der Waals surface area (Å²) in [4.78, 5) is 32.4. The molecule has 0 radical (unpaired) electrons. The lowest BCUT2D eigenvalue weighted by Crippen LogP contribution is -2.40. The van der Waals surface area contributed by atoms with Gasteiger partial charge in [0.25, 0.3) is 5.56 Å². The van der Waals surface area contributed by atoms with Gasteiger partial charge in [-0.15, -0.1) is 0 Å². The highest BCUT2D eigenvalue weighted by atomic mass is 32.1. The van der Waals surface area contributed by atoms with E-state index in [1.807, 2.05) is 37.3 Å². The molecule has 3 aromatic carbocycles. The van der Waals surface area contributed by atoms with Gasteiger partial charge >= 0.3 is 5.97 Å². The minimum Gasteiger partial charge on any atom is -0.493 e. The molecule has 2 heterocycles. The SMILES string of the molecule is CCOC(=O)C1=C(C)N=c2sc(=Cc3ccc(OCc4ccc(F)cc4)cc3)c(=O)n2[C@@H]1c1cccc(OC)c1OCC. The first-order valence-electron chi connectivity index (χ1n) is 13.8. The number of carbonyl (C=O) groups is 1. The van der Waals surface area contributed by atoms with Crippen LogP contribution in [0.25, 0.3) is 6.08 Å². The minimum absolute atomic E-state index is 0.173. The molecule has 0 saturated heterocycles. The van der Waals surface area contributed by atoms with Crippen LogP contribution < -0.4 is 29.1 Å². The van der Waals surface area contributed by atoms with Crippen molar-refractivity contribution in [3.05, 3.63) is 120 Å². The third-order valence-electron chi connectivity index (χ3n) is 6.83. The number of aromatic nitrogens is 1. The first kappa shape index (κ1) is 29.8. The van der Waals surface area contributed by atoms with Crippen molar-refractivity contribution in [2.75, 3.05) is 20.3 Å². The fourth-order valence-electron chi connectivity index (χ4n) is 4.85. The van der Waals surface area contributed by atoms with Crippen molar-refractivity contribution in [2.24, 2.45) is 4.99 Å². The molecule has 0 unspecified atom stereocenters. The Balaban J connectivity index is 1.55. The van der Waals surface area contributed by atoms with E-state index >= 15 is 0 Å². The van der Waals surface area contributed by atoms with E-state index in [2.05, 4.69) is 4.99 Å². The molecule has 43 heavy (non-hydrogen) atoms. The Morgan fingerprint density at radius 2 is 1.77 bits per heavy atom. The number of hydrogen-bond donors (Lipinski definition) is 0. The van der Waals surface area contributed by atoms with E-state index in [-0.39, 0.29) is 23.6 Å². The number of benzene rings is 3. The van der Waals surface area contributed by atoms with Gasteiger partial charge in [0, 0.05) is 5.56 Å². The van der Waals surface area contributed by atoms with Crippen LogP contribution in [0.2, 0.25) is 0 Å². The van der Waals surface area contributed by atoms with E-state index in [0.717, 1.165) is 11.1 Å². The van der Waals surface area contributed by atoms with Crippen LogP contribution in [0.1, 0.15) is 43.5 Å². The molecule has 0 N–H and O–H groups in total. The average Bonchev–Trinajstić information content (AvgIpc) is 3.31. The third-order valence-corrected chi connectivity index (χ3v) is 7.81. The number of rotatable bonds is 10. The molecule has 0 saturated carbocycles. The summed E-state index contributed by atoms with van der Waals surface area (Å²) in [7, 11) is 1.54. The van der Waals surface area contributed by atoms with Gasteiger partial charge in [-0.1, -0.05) is 47.7 Å². The maximum absolute atomic E-state index is 14.0. The van der Waals surface area contributed by atoms with Crippen molar-refractivity contribution in [1.82, 2.24) is 4.57 Å². The number of ether oxygens (including phenoxy) is 4. The summed E-state index contributed by atoms with van der Waals surface area (Å²) in [6.45, 7) is 6.15. The van der Waals surface area contributed by atoms with E-state index < -0.39 is 12.0 Å². The second-order valence-corrected chi connectivity index (χ2v) is 10.6. The fraction of sp³-hybridized carbons (Fsp3) is 0.242. The van der Waals surface area contributed by atoms with Gasteiger partial charge in [-0.2, -0.15) is 0 Å². The number of carbonyl (C=O) groups excluding carboxylic acids is 1. The van der Waals surface area contributed by atoms with Crippen molar-refractivity contribution >= 4 is 23.4 Å². The van der Waals surface area contributed by atoms with Crippen LogP contribution in [0.5, 0.6) is 17.2 Å². The molecule has 1 atom stereocenters. The molecular formula is C33H31FN2O6S. The maximum atomic E-state index is 14.0. The molecular weight excluding hydrogens is 571 g/mol. The summed E-state index contributed by atoms with van der Waals surface area (Å²) in [6, 6.07) is 18.0. The standard InChI is InChI=1S/C33H31FN2O6S/c1-5-40-30-25(8-7-9-26(30)39-4)29-28(32(38)41-6-2)20(3)35-33-36(29)31(37)27(43-33)18-21-12-16-24(17-13-21)42-19-22-10-14-23(34)15-11-22/h7-18,29H,5-6,19H2,1-4H3/t29-/m1/s1. The number of nitrogens with zero attached hydrogens (tertiary/aromatic N) is 2. The summed E-state index contributed by atoms with van der Waals surface area (Å²) in [5, 5.41) is 0. The van der Waals surface area contributed by atoms with Crippen molar-refractivity contribution in [1.29, 1.82) is 0 Å². The van der Waals surface area contributed by atoms with Gasteiger partial charge in [0.15, 0.2) is 16.3 Å². The Labute approximate surface area is 252 Å². The number of thiazole rings is 1. The molecule has 0 amide bonds. The normalized spacial score (nSPS) is 14.6. The number of hydrogen-bond acceptors (Lipinski definition) is 8. The second-order valence-electron chi connectivity index (χ2n) is 9.60. The van der Waals surface area contributed by atoms with Crippen molar-refractivity contribution in [3.8, 4) is 17.2 Å². The Kier molecular flexibility index (Phi) is 9.06. The Morgan fingerprint density at radius 1 is 1.02 bits per heavy atom. The van der Waals surface area contributed by atoms with Crippen LogP contribution in [0.4, 0.5) is 4.39 Å². The van der Waals surface area contributed by atoms with Crippen LogP contribution in [0.15, 0.2) is 87.8 Å². The molecule has 0 spiro atoms. The van der Waals surface area contributed by atoms with Crippen LogP contribution in [0, 0.1) is 5.82 Å². The monoisotopic (exact) mass is 602 g/mol. The molecule has 8 nitrogen and oxygen atoms in total. The minimum atomic E-state index is -0.837. The molecule has 1 aromatic heterocycles. The van der Waals surface area contributed by atoms with Crippen molar-refractivity contribution in [2.45, 2.75) is 33.4 Å². The van der Waals surface area contributed by atoms with E-state index in [0.29, 0.717) is 51.1 Å². The van der Waals surface area contributed by atoms with Crippen LogP contribution in [-0.4, -0.2) is 30.9 Å². The second kappa shape index (κ2) is 13.1. The van der Waals surface area contributed by atoms with Gasteiger partial charge in [-0.05, 0) is 68.3 Å². The summed E-state index contributed by atoms with van der Waals surface area (Å²) >= 11 is 1.24. The Bertz CT molecular complexity index is 1840. The van der Waals surface area contributed by atoms with Crippen molar-refractivity contribution < 1.29 is 28.1 Å². The number of para-hydroxylation sites is 1. The molecule has 0 fully saturated rings. The molecule has 0 aliphatic carbocycles. The first-order chi connectivity index (χ1) is 20.8. The lowest BCUT2D eigenvalue weighted by Gasteiger charge is -2.26. The quantitative estimate of drug-likeness (QED) is 0.240. The molecule has 222 valence electrons. The van der Waals surface area contributed by atoms with Gasteiger partial charge in [0.05, 0.1) is 36.1 Å². The highest BCUT2D eigenvalue weighted by Crippen LogP contribution is 2.40. The van der Waals surface area contributed by atoms with E-state index in [1.165, 1.54) is 28.0 Å². The Morgan fingerprint density at radius 3 is 2.44 bits per heavy atom. The van der Waals surface area contributed by atoms with Gasteiger partial charge in [-0.3, -0.25) is 9.36 Å². The molecule has 1 aliphatic heterocycles.